The number of carbonyl (C=O) groups excluding carboxylic acids is 1. The van der Waals surface area contributed by atoms with Gasteiger partial charge in [0.15, 0.2) is 5.54 Å². The van der Waals surface area contributed by atoms with Gasteiger partial charge < -0.3 is 14.8 Å². The maximum absolute atomic E-state index is 14.8. The number of hydrogen-bond acceptors (Lipinski definition) is 6. The molecular weight excluding hydrogens is 532 g/mol. The number of benzene rings is 2. The van der Waals surface area contributed by atoms with Gasteiger partial charge in [0.2, 0.25) is 5.82 Å². The molecule has 39 heavy (non-hydrogen) atoms. The average molecular weight is 555 g/mol. The van der Waals surface area contributed by atoms with Crippen molar-refractivity contribution in [2.24, 2.45) is 0 Å². The van der Waals surface area contributed by atoms with Gasteiger partial charge in [0.05, 0.1) is 18.8 Å². The topological polar surface area (TPSA) is 102 Å². The maximum atomic E-state index is 14.8. The zero-order chi connectivity index (χ0) is 28.3. The van der Waals surface area contributed by atoms with E-state index in [0.717, 1.165) is 17.7 Å². The van der Waals surface area contributed by atoms with Gasteiger partial charge >= 0.3 is 12.4 Å². The fraction of sp³-hybridized carbons (Fsp3) is 0.360. The van der Waals surface area contributed by atoms with Gasteiger partial charge in [-0.3, -0.25) is 4.79 Å². The van der Waals surface area contributed by atoms with Crippen LogP contribution in [-0.4, -0.2) is 52.6 Å². The van der Waals surface area contributed by atoms with E-state index in [2.05, 4.69) is 25.9 Å². The van der Waals surface area contributed by atoms with E-state index in [4.69, 9.17) is 9.47 Å². The molecule has 2 N–H and O–H groups in total. The minimum absolute atomic E-state index is 0.0499. The first-order valence-corrected chi connectivity index (χ1v) is 11.7. The minimum Gasteiger partial charge on any atom is -0.494 e. The summed E-state index contributed by atoms with van der Waals surface area (Å²) in [6.45, 7) is 0.0225. The summed E-state index contributed by atoms with van der Waals surface area (Å²) < 4.78 is 91.7. The van der Waals surface area contributed by atoms with E-state index in [1.165, 1.54) is 19.2 Å². The third-order valence-corrected chi connectivity index (χ3v) is 6.18. The van der Waals surface area contributed by atoms with Gasteiger partial charge in [0.25, 0.3) is 5.91 Å². The Morgan fingerprint density at radius 3 is 2.26 bits per heavy atom. The van der Waals surface area contributed by atoms with Gasteiger partial charge in [-0.05, 0) is 46.0 Å². The predicted molar refractivity (Wildman–Crippen MR) is 126 cm³/mol. The van der Waals surface area contributed by atoms with Crippen LogP contribution in [0.15, 0.2) is 48.5 Å². The summed E-state index contributed by atoms with van der Waals surface area (Å²) in [4.78, 5) is 13.3. The molecule has 4 rings (SSSR count). The molecule has 0 saturated heterocycles. The van der Waals surface area contributed by atoms with Crippen molar-refractivity contribution in [1.29, 1.82) is 0 Å². The lowest BCUT2D eigenvalue weighted by molar-refractivity contribution is -0.201. The molecule has 0 bridgehead atoms. The van der Waals surface area contributed by atoms with Crippen LogP contribution in [0.25, 0.3) is 11.1 Å². The molecule has 0 saturated carbocycles. The number of halogens is 6. The Labute approximate surface area is 218 Å². The van der Waals surface area contributed by atoms with E-state index in [1.54, 1.807) is 24.3 Å². The first-order chi connectivity index (χ1) is 18.4. The molecule has 1 amide bonds. The Morgan fingerprint density at radius 2 is 1.69 bits per heavy atom. The molecule has 0 radical (unpaired) electrons. The highest BCUT2D eigenvalue weighted by Crippen LogP contribution is 2.49. The molecule has 1 unspecified atom stereocenters. The van der Waals surface area contributed by atoms with E-state index in [0.29, 0.717) is 5.56 Å². The predicted octanol–water partition coefficient (Wildman–Crippen LogP) is 4.96. The van der Waals surface area contributed by atoms with Crippen LogP contribution in [0.3, 0.4) is 0 Å². The van der Waals surface area contributed by atoms with Crippen LogP contribution in [0.2, 0.25) is 0 Å². The Bertz CT molecular complexity index is 1310. The maximum Gasteiger partial charge on any atom is 0.416 e. The van der Waals surface area contributed by atoms with Crippen LogP contribution in [0.5, 0.6) is 5.75 Å². The van der Waals surface area contributed by atoms with Crippen molar-refractivity contribution in [3.05, 3.63) is 71.0 Å². The lowest BCUT2D eigenvalue weighted by atomic mass is 9.76. The smallest absolute Gasteiger partial charge is 0.416 e. The quantitative estimate of drug-likeness (QED) is 0.286. The van der Waals surface area contributed by atoms with Crippen LogP contribution < -0.4 is 10.1 Å². The number of nitrogens with zero attached hydrogens (tertiary/aromatic N) is 3. The van der Waals surface area contributed by atoms with E-state index >= 15 is 0 Å². The lowest BCUT2D eigenvalue weighted by Gasteiger charge is -2.41. The van der Waals surface area contributed by atoms with Crippen LogP contribution in [0.4, 0.5) is 26.3 Å². The van der Waals surface area contributed by atoms with Crippen LogP contribution in [0.1, 0.15) is 41.8 Å². The summed E-state index contributed by atoms with van der Waals surface area (Å²) in [7, 11) is 1.51. The standard InChI is InChI=1S/C25H23F6N5O3/c1-38-14-15-3-5-16(6-4-15)19-13-23(25(29,30)31,32-22(37)20(19)21-33-35-36-34-21)17-7-9-18(10-8-17)39-12-2-11-24(26,27)28/h3-10H,2,11-14H2,1H3,(H,32,37)(H,33,34,35,36). The molecule has 1 atom stereocenters. The van der Waals surface area contributed by atoms with Crippen molar-refractivity contribution in [2.45, 2.75) is 43.8 Å². The molecule has 1 aromatic heterocycles. The summed E-state index contributed by atoms with van der Waals surface area (Å²) >= 11 is 0. The number of alkyl halides is 6. The van der Waals surface area contributed by atoms with Crippen molar-refractivity contribution in [2.75, 3.05) is 13.7 Å². The summed E-state index contributed by atoms with van der Waals surface area (Å²) in [6.07, 6.45) is -11.3. The monoisotopic (exact) mass is 555 g/mol. The van der Waals surface area contributed by atoms with Gasteiger partial charge in [0.1, 0.15) is 5.75 Å². The van der Waals surface area contributed by atoms with E-state index in [9.17, 15) is 31.1 Å². The van der Waals surface area contributed by atoms with E-state index in [-0.39, 0.29) is 47.9 Å². The summed E-state index contributed by atoms with van der Waals surface area (Å²) in [5.74, 6) is -1.12. The Morgan fingerprint density at radius 1 is 1.00 bits per heavy atom. The van der Waals surface area contributed by atoms with Crippen LogP contribution in [-0.2, 0) is 21.7 Å². The Kier molecular flexibility index (Phi) is 7.95. The van der Waals surface area contributed by atoms with Gasteiger partial charge in [0, 0.05) is 20.0 Å². The zero-order valence-electron chi connectivity index (χ0n) is 20.5. The average Bonchev–Trinajstić information content (AvgIpc) is 3.40. The van der Waals surface area contributed by atoms with Crippen molar-refractivity contribution in [3.63, 3.8) is 0 Å². The lowest BCUT2D eigenvalue weighted by Crippen LogP contribution is -2.58. The number of nitrogens with one attached hydrogen (secondary N) is 2. The first kappa shape index (κ1) is 28.1. The second-order valence-corrected chi connectivity index (χ2v) is 8.84. The van der Waals surface area contributed by atoms with Crippen molar-refractivity contribution >= 4 is 17.1 Å². The molecular formula is C25H23F6N5O3. The van der Waals surface area contributed by atoms with Crippen LogP contribution in [0, 0.1) is 0 Å². The number of ether oxygens (including phenoxy) is 2. The second-order valence-electron chi connectivity index (χ2n) is 8.84. The summed E-state index contributed by atoms with van der Waals surface area (Å²) in [6, 6.07) is 11.2. The molecule has 8 nitrogen and oxygen atoms in total. The van der Waals surface area contributed by atoms with Crippen molar-refractivity contribution < 1.29 is 40.6 Å². The first-order valence-electron chi connectivity index (χ1n) is 11.7. The number of amides is 1. The number of rotatable bonds is 9. The summed E-state index contributed by atoms with van der Waals surface area (Å²) in [5.41, 5.74) is -2.10. The van der Waals surface area contributed by atoms with E-state index < -0.39 is 36.6 Å². The number of aromatic amines is 1. The highest BCUT2D eigenvalue weighted by molar-refractivity contribution is 6.27. The van der Waals surface area contributed by atoms with Crippen LogP contribution >= 0.6 is 0 Å². The normalized spacial score (nSPS) is 18.3. The molecule has 1 aliphatic heterocycles. The SMILES string of the molecule is COCc1ccc(C2=C(c3nn[nH]n3)C(=O)NC(c3ccc(OCCCC(F)(F)F)cc3)(C(F)(F)F)C2)cc1. The fourth-order valence-corrected chi connectivity index (χ4v) is 4.32. The molecule has 2 heterocycles. The highest BCUT2D eigenvalue weighted by Gasteiger charge is 2.59. The van der Waals surface area contributed by atoms with Gasteiger partial charge in [-0.15, -0.1) is 10.2 Å². The number of methoxy groups -OCH3 is 1. The molecule has 0 spiro atoms. The molecule has 0 aliphatic carbocycles. The Hall–Kier alpha value is -3.94. The third-order valence-electron chi connectivity index (χ3n) is 6.18. The number of hydrogen-bond donors (Lipinski definition) is 2. The number of H-pyrrole nitrogens is 1. The highest BCUT2D eigenvalue weighted by atomic mass is 19.4. The minimum atomic E-state index is -4.94. The van der Waals surface area contributed by atoms with Crippen molar-refractivity contribution in [3.8, 4) is 5.75 Å². The number of tetrazole rings is 1. The zero-order valence-corrected chi connectivity index (χ0v) is 20.5. The number of carbonyl (C=O) groups is 1. The van der Waals surface area contributed by atoms with Gasteiger partial charge in [-0.2, -0.15) is 31.6 Å². The number of aromatic nitrogens is 4. The fourth-order valence-electron chi connectivity index (χ4n) is 4.32. The second kappa shape index (κ2) is 11.0. The molecule has 3 aromatic rings. The Balaban J connectivity index is 1.71. The molecule has 208 valence electrons. The van der Waals surface area contributed by atoms with Crippen molar-refractivity contribution in [1.82, 2.24) is 25.9 Å². The van der Waals surface area contributed by atoms with Gasteiger partial charge in [-0.25, -0.2) is 0 Å². The molecule has 0 fully saturated rings. The third kappa shape index (κ3) is 6.21. The summed E-state index contributed by atoms with van der Waals surface area (Å²) in [5, 5.41) is 15.4. The van der Waals surface area contributed by atoms with E-state index in [1.807, 2.05) is 0 Å². The molecule has 1 aliphatic rings. The largest absolute Gasteiger partial charge is 0.494 e. The molecule has 14 heteroatoms. The van der Waals surface area contributed by atoms with Gasteiger partial charge in [-0.1, -0.05) is 36.4 Å². The molecule has 2 aromatic carbocycles.